The van der Waals surface area contributed by atoms with Gasteiger partial charge in [0, 0.05) is 51.5 Å². The van der Waals surface area contributed by atoms with E-state index in [9.17, 15) is 9.18 Å². The molecule has 0 radical (unpaired) electrons. The summed E-state index contributed by atoms with van der Waals surface area (Å²) in [6.45, 7) is 2.86. The van der Waals surface area contributed by atoms with Crippen molar-refractivity contribution in [1.82, 2.24) is 4.90 Å². The molecular formula is C24H29FN2O5S. The SMILES string of the molecule is COC1(c2cc(F)cc(OCc3ccc(NC(=O)N4CCOC(S)C4)cc3)c2)CCOCC1. The smallest absolute Gasteiger partial charge is 0.322 e. The van der Waals surface area contributed by atoms with Crippen LogP contribution in [0.25, 0.3) is 0 Å². The van der Waals surface area contributed by atoms with E-state index in [0.717, 1.165) is 11.1 Å². The number of morpholine rings is 1. The average Bonchev–Trinajstić information content (AvgIpc) is 2.83. The number of amides is 2. The third kappa shape index (κ3) is 5.97. The Bertz CT molecular complexity index is 952. The van der Waals surface area contributed by atoms with Crippen molar-refractivity contribution in [3.63, 3.8) is 0 Å². The fourth-order valence-electron chi connectivity index (χ4n) is 4.09. The summed E-state index contributed by atoms with van der Waals surface area (Å²) in [4.78, 5) is 14.1. The minimum absolute atomic E-state index is 0.186. The summed E-state index contributed by atoms with van der Waals surface area (Å²) in [5.41, 5.74) is 1.50. The molecule has 0 bridgehead atoms. The first-order valence-electron chi connectivity index (χ1n) is 11.0. The van der Waals surface area contributed by atoms with Crippen LogP contribution in [0.15, 0.2) is 42.5 Å². The van der Waals surface area contributed by atoms with E-state index in [0.29, 0.717) is 57.2 Å². The predicted octanol–water partition coefficient (Wildman–Crippen LogP) is 4.18. The molecule has 178 valence electrons. The number of methoxy groups -OCH3 is 1. The van der Waals surface area contributed by atoms with Crippen molar-refractivity contribution in [2.75, 3.05) is 45.3 Å². The molecule has 0 spiro atoms. The van der Waals surface area contributed by atoms with Crippen molar-refractivity contribution in [3.8, 4) is 5.75 Å². The monoisotopic (exact) mass is 476 g/mol. The lowest BCUT2D eigenvalue weighted by atomic mass is 9.86. The zero-order valence-corrected chi connectivity index (χ0v) is 19.5. The maximum absolute atomic E-state index is 14.3. The predicted molar refractivity (Wildman–Crippen MR) is 125 cm³/mol. The van der Waals surface area contributed by atoms with E-state index in [4.69, 9.17) is 18.9 Å². The van der Waals surface area contributed by atoms with Crippen molar-refractivity contribution in [2.24, 2.45) is 0 Å². The minimum Gasteiger partial charge on any atom is -0.489 e. The van der Waals surface area contributed by atoms with Crippen LogP contribution >= 0.6 is 12.6 Å². The van der Waals surface area contributed by atoms with E-state index < -0.39 is 5.60 Å². The highest BCUT2D eigenvalue weighted by atomic mass is 32.1. The van der Waals surface area contributed by atoms with Gasteiger partial charge in [-0.05, 0) is 35.4 Å². The quantitative estimate of drug-likeness (QED) is 0.613. The molecule has 9 heteroatoms. The average molecular weight is 477 g/mol. The number of nitrogens with one attached hydrogen (secondary N) is 1. The number of ether oxygens (including phenoxy) is 4. The molecule has 1 atom stereocenters. The molecule has 2 aliphatic heterocycles. The molecule has 1 N–H and O–H groups in total. The zero-order chi connectivity index (χ0) is 23.3. The van der Waals surface area contributed by atoms with Gasteiger partial charge < -0.3 is 29.2 Å². The van der Waals surface area contributed by atoms with Gasteiger partial charge in [0.15, 0.2) is 0 Å². The first kappa shape index (κ1) is 23.8. The van der Waals surface area contributed by atoms with E-state index in [1.807, 2.05) is 30.3 Å². The van der Waals surface area contributed by atoms with Crippen molar-refractivity contribution in [1.29, 1.82) is 0 Å². The summed E-state index contributed by atoms with van der Waals surface area (Å²) in [5, 5.41) is 2.88. The molecule has 33 heavy (non-hydrogen) atoms. The van der Waals surface area contributed by atoms with Gasteiger partial charge in [-0.2, -0.15) is 0 Å². The molecule has 2 amide bonds. The Labute approximate surface area is 198 Å². The van der Waals surface area contributed by atoms with Crippen LogP contribution < -0.4 is 10.1 Å². The van der Waals surface area contributed by atoms with E-state index in [2.05, 4.69) is 17.9 Å². The molecule has 4 rings (SSSR count). The lowest BCUT2D eigenvalue weighted by Gasteiger charge is -2.36. The van der Waals surface area contributed by atoms with Crippen LogP contribution in [0.2, 0.25) is 0 Å². The number of nitrogens with zero attached hydrogens (tertiary/aromatic N) is 1. The van der Waals surface area contributed by atoms with Gasteiger partial charge in [0.25, 0.3) is 0 Å². The van der Waals surface area contributed by atoms with Gasteiger partial charge in [-0.25, -0.2) is 9.18 Å². The Hall–Kier alpha value is -2.33. The number of hydrogen-bond donors (Lipinski definition) is 2. The van der Waals surface area contributed by atoms with Crippen LogP contribution in [-0.4, -0.2) is 56.4 Å². The number of carbonyl (C=O) groups excluding carboxylic acids is 1. The van der Waals surface area contributed by atoms with Crippen LogP contribution in [0.3, 0.4) is 0 Å². The lowest BCUT2D eigenvalue weighted by molar-refractivity contribution is -0.0950. The highest BCUT2D eigenvalue weighted by Gasteiger charge is 2.35. The number of halogens is 1. The molecule has 0 saturated carbocycles. The topological polar surface area (TPSA) is 69.3 Å². The first-order valence-corrected chi connectivity index (χ1v) is 11.5. The lowest BCUT2D eigenvalue weighted by Crippen LogP contribution is -2.45. The number of thiol groups is 1. The van der Waals surface area contributed by atoms with Crippen LogP contribution in [-0.2, 0) is 26.4 Å². The number of benzene rings is 2. The van der Waals surface area contributed by atoms with Gasteiger partial charge in [0.05, 0.1) is 18.8 Å². The number of anilines is 1. The molecular weight excluding hydrogens is 447 g/mol. The molecule has 2 aliphatic rings. The van der Waals surface area contributed by atoms with Crippen LogP contribution in [0, 0.1) is 5.82 Å². The van der Waals surface area contributed by atoms with E-state index in [-0.39, 0.29) is 23.9 Å². The zero-order valence-electron chi connectivity index (χ0n) is 18.6. The molecule has 2 fully saturated rings. The van der Waals surface area contributed by atoms with Crippen molar-refractivity contribution in [3.05, 3.63) is 59.4 Å². The van der Waals surface area contributed by atoms with Crippen molar-refractivity contribution in [2.45, 2.75) is 30.5 Å². The Morgan fingerprint density at radius 2 is 1.97 bits per heavy atom. The molecule has 1 unspecified atom stereocenters. The Morgan fingerprint density at radius 3 is 2.67 bits per heavy atom. The van der Waals surface area contributed by atoms with Gasteiger partial charge in [-0.1, -0.05) is 12.1 Å². The van der Waals surface area contributed by atoms with E-state index in [1.165, 1.54) is 12.1 Å². The molecule has 0 aromatic heterocycles. The largest absolute Gasteiger partial charge is 0.489 e. The molecule has 7 nitrogen and oxygen atoms in total. The second-order valence-electron chi connectivity index (χ2n) is 8.17. The van der Waals surface area contributed by atoms with E-state index in [1.54, 1.807) is 12.0 Å². The number of rotatable bonds is 6. The molecule has 0 aliphatic carbocycles. The van der Waals surface area contributed by atoms with Gasteiger partial charge >= 0.3 is 6.03 Å². The van der Waals surface area contributed by atoms with E-state index >= 15 is 0 Å². The van der Waals surface area contributed by atoms with Gasteiger partial charge in [0.2, 0.25) is 0 Å². The fourth-order valence-corrected chi connectivity index (χ4v) is 4.39. The fraction of sp³-hybridized carbons (Fsp3) is 0.458. The number of carbonyl (C=O) groups is 1. The highest BCUT2D eigenvalue weighted by molar-refractivity contribution is 7.80. The summed E-state index contributed by atoms with van der Waals surface area (Å²) in [7, 11) is 1.65. The Kier molecular flexibility index (Phi) is 7.75. The first-order chi connectivity index (χ1) is 16.0. The van der Waals surface area contributed by atoms with Crippen LogP contribution in [0.5, 0.6) is 5.75 Å². The normalized spacial score (nSPS) is 20.3. The van der Waals surface area contributed by atoms with Gasteiger partial charge in [0.1, 0.15) is 23.6 Å². The van der Waals surface area contributed by atoms with Crippen molar-refractivity contribution >= 4 is 24.3 Å². The maximum atomic E-state index is 14.3. The van der Waals surface area contributed by atoms with Crippen LogP contribution in [0.1, 0.15) is 24.0 Å². The summed E-state index contributed by atoms with van der Waals surface area (Å²) in [6, 6.07) is 11.9. The standard InChI is InChI=1S/C24H29FN2O5S/c1-29-24(6-9-30-10-7-24)18-12-19(25)14-21(13-18)32-16-17-2-4-20(5-3-17)26-23(28)27-8-11-31-22(33)15-27/h2-5,12-14,22,33H,6-11,15-16H2,1H3,(H,26,28). The van der Waals surface area contributed by atoms with Crippen molar-refractivity contribution < 1.29 is 28.1 Å². The maximum Gasteiger partial charge on any atom is 0.322 e. The van der Waals surface area contributed by atoms with Gasteiger partial charge in [-0.3, -0.25) is 0 Å². The molecule has 2 aromatic rings. The summed E-state index contributed by atoms with van der Waals surface area (Å²) < 4.78 is 36.8. The highest BCUT2D eigenvalue weighted by Crippen LogP contribution is 2.37. The summed E-state index contributed by atoms with van der Waals surface area (Å²) in [5.74, 6) is 0.0777. The second-order valence-corrected chi connectivity index (χ2v) is 8.75. The Morgan fingerprint density at radius 1 is 1.21 bits per heavy atom. The second kappa shape index (κ2) is 10.7. The summed E-state index contributed by atoms with van der Waals surface area (Å²) in [6.07, 6.45) is 1.33. The van der Waals surface area contributed by atoms with Gasteiger partial charge in [-0.15, -0.1) is 12.6 Å². The molecule has 2 aromatic carbocycles. The Balaban J connectivity index is 1.36. The third-order valence-electron chi connectivity index (χ3n) is 6.03. The number of hydrogen-bond acceptors (Lipinski definition) is 6. The van der Waals surface area contributed by atoms with Crippen LogP contribution in [0.4, 0.5) is 14.9 Å². The molecule has 2 heterocycles. The summed E-state index contributed by atoms with van der Waals surface area (Å²) >= 11 is 4.27. The minimum atomic E-state index is -0.564. The molecule has 2 saturated heterocycles. The number of urea groups is 1. The third-order valence-corrected chi connectivity index (χ3v) is 6.35.